The van der Waals surface area contributed by atoms with E-state index < -0.39 is 0 Å². The van der Waals surface area contributed by atoms with E-state index >= 15 is 0 Å². The number of nitrogens with one attached hydrogen (secondary N) is 1. The smallest absolute Gasteiger partial charge is 0.212 e. The molecule has 2 aromatic carbocycles. The van der Waals surface area contributed by atoms with Gasteiger partial charge in [-0.25, -0.2) is 0 Å². The van der Waals surface area contributed by atoms with Crippen molar-refractivity contribution in [2.24, 2.45) is 5.10 Å². The van der Waals surface area contributed by atoms with Gasteiger partial charge in [-0.15, -0.1) is 10.2 Å². The summed E-state index contributed by atoms with van der Waals surface area (Å²) in [7, 11) is 1.67. The van der Waals surface area contributed by atoms with Gasteiger partial charge in [0.2, 0.25) is 5.16 Å². The van der Waals surface area contributed by atoms with Crippen LogP contribution in [0, 0.1) is 0 Å². The summed E-state index contributed by atoms with van der Waals surface area (Å²) in [5.41, 5.74) is 3.07. The third-order valence-corrected chi connectivity index (χ3v) is 4.79. The molecular formula is C18H17N5OS. The lowest BCUT2D eigenvalue weighted by molar-refractivity contribution is 0.414. The highest BCUT2D eigenvalue weighted by molar-refractivity contribution is 7.99. The number of ether oxygens (including phenoxy) is 1. The Kier molecular flexibility index (Phi) is 4.39. The van der Waals surface area contributed by atoms with Crippen LogP contribution in [0.1, 0.15) is 11.4 Å². The van der Waals surface area contributed by atoms with E-state index in [9.17, 15) is 0 Å². The van der Waals surface area contributed by atoms with Gasteiger partial charge in [0, 0.05) is 17.0 Å². The molecule has 1 aliphatic heterocycles. The van der Waals surface area contributed by atoms with E-state index in [1.165, 1.54) is 0 Å². The topological polar surface area (TPSA) is 64.3 Å². The molecule has 4 rings (SSSR count). The third kappa shape index (κ3) is 3.36. The minimum absolute atomic E-state index is 0.562. The lowest BCUT2D eigenvalue weighted by Crippen LogP contribution is -2.16. The van der Waals surface area contributed by atoms with Gasteiger partial charge in [-0.3, -0.25) is 0 Å². The second-order valence-electron chi connectivity index (χ2n) is 5.50. The molecule has 0 bridgehead atoms. The SMILES string of the molecule is COc1cccc(C2=Nn3c(CNc4ccccc4)nnc3SC2)c1. The molecule has 6 nitrogen and oxygen atoms in total. The van der Waals surface area contributed by atoms with E-state index in [1.807, 2.05) is 59.3 Å². The van der Waals surface area contributed by atoms with Crippen LogP contribution in [-0.2, 0) is 6.54 Å². The maximum absolute atomic E-state index is 5.31. The highest BCUT2D eigenvalue weighted by Gasteiger charge is 2.19. The van der Waals surface area contributed by atoms with E-state index in [4.69, 9.17) is 9.84 Å². The van der Waals surface area contributed by atoms with E-state index in [2.05, 4.69) is 15.5 Å². The molecule has 25 heavy (non-hydrogen) atoms. The van der Waals surface area contributed by atoms with Crippen LogP contribution in [0.4, 0.5) is 5.69 Å². The summed E-state index contributed by atoms with van der Waals surface area (Å²) in [6.45, 7) is 0.562. The Bertz CT molecular complexity index is 907. The van der Waals surface area contributed by atoms with E-state index in [-0.39, 0.29) is 0 Å². The molecule has 126 valence electrons. The minimum Gasteiger partial charge on any atom is -0.497 e. The van der Waals surface area contributed by atoms with Crippen LogP contribution < -0.4 is 10.1 Å². The summed E-state index contributed by atoms with van der Waals surface area (Å²) >= 11 is 1.64. The first-order valence-corrected chi connectivity index (χ1v) is 8.90. The standard InChI is InChI=1S/C18H17N5OS/c1-24-15-9-5-6-13(10-15)16-12-25-18-21-20-17(23(18)22-16)11-19-14-7-3-2-4-8-14/h2-10,19H,11-12H2,1H3. The molecular weight excluding hydrogens is 334 g/mol. The molecule has 3 aromatic rings. The molecule has 0 spiro atoms. The largest absolute Gasteiger partial charge is 0.497 e. The maximum atomic E-state index is 5.31. The molecule has 0 saturated heterocycles. The number of fused-ring (bicyclic) bond motifs is 1. The fraction of sp³-hybridized carbons (Fsp3) is 0.167. The number of thioether (sulfide) groups is 1. The molecule has 0 radical (unpaired) electrons. The monoisotopic (exact) mass is 351 g/mol. The molecule has 0 amide bonds. The number of anilines is 1. The fourth-order valence-corrected chi connectivity index (χ4v) is 3.42. The first kappa shape index (κ1) is 15.7. The highest BCUT2D eigenvalue weighted by Crippen LogP contribution is 2.25. The van der Waals surface area contributed by atoms with Crippen molar-refractivity contribution in [1.29, 1.82) is 0 Å². The zero-order valence-corrected chi connectivity index (χ0v) is 14.5. The van der Waals surface area contributed by atoms with E-state index in [0.29, 0.717) is 6.54 Å². The zero-order valence-electron chi connectivity index (χ0n) is 13.7. The summed E-state index contributed by atoms with van der Waals surface area (Å²) in [5.74, 6) is 2.37. The zero-order chi connectivity index (χ0) is 17.1. The van der Waals surface area contributed by atoms with Crippen molar-refractivity contribution in [3.63, 3.8) is 0 Å². The van der Waals surface area contributed by atoms with Gasteiger partial charge in [0.1, 0.15) is 5.75 Å². The number of para-hydroxylation sites is 1. The summed E-state index contributed by atoms with van der Waals surface area (Å²) in [6, 6.07) is 18.0. The quantitative estimate of drug-likeness (QED) is 0.764. The summed E-state index contributed by atoms with van der Waals surface area (Å²) in [5, 5.41) is 17.4. The number of benzene rings is 2. The molecule has 0 atom stereocenters. The Balaban J connectivity index is 1.59. The molecule has 0 saturated carbocycles. The fourth-order valence-electron chi connectivity index (χ4n) is 2.56. The molecule has 1 N–H and O–H groups in total. The van der Waals surface area contributed by atoms with Gasteiger partial charge in [-0.2, -0.15) is 9.78 Å². The predicted molar refractivity (Wildman–Crippen MR) is 99.4 cm³/mol. The van der Waals surface area contributed by atoms with Crippen LogP contribution >= 0.6 is 11.8 Å². The number of nitrogens with zero attached hydrogens (tertiary/aromatic N) is 4. The first-order valence-electron chi connectivity index (χ1n) is 7.92. The van der Waals surface area contributed by atoms with E-state index in [0.717, 1.165) is 39.4 Å². The molecule has 0 unspecified atom stereocenters. The first-order chi connectivity index (χ1) is 12.3. The number of rotatable bonds is 5. The van der Waals surface area contributed by atoms with Crippen molar-refractivity contribution in [3.8, 4) is 5.75 Å². The Morgan fingerprint density at radius 3 is 2.84 bits per heavy atom. The lowest BCUT2D eigenvalue weighted by Gasteiger charge is -2.14. The van der Waals surface area contributed by atoms with Gasteiger partial charge >= 0.3 is 0 Å². The van der Waals surface area contributed by atoms with Gasteiger partial charge < -0.3 is 10.1 Å². The van der Waals surface area contributed by atoms with Crippen LogP contribution in [0.25, 0.3) is 0 Å². The van der Waals surface area contributed by atoms with Crippen LogP contribution in [0.5, 0.6) is 5.75 Å². The highest BCUT2D eigenvalue weighted by atomic mass is 32.2. The molecule has 1 aromatic heterocycles. The molecule has 1 aliphatic rings. The Morgan fingerprint density at radius 1 is 1.12 bits per heavy atom. The Labute approximate surface area is 149 Å². The second-order valence-corrected chi connectivity index (χ2v) is 6.44. The average molecular weight is 351 g/mol. The van der Waals surface area contributed by atoms with Crippen molar-refractivity contribution < 1.29 is 4.74 Å². The van der Waals surface area contributed by atoms with Gasteiger partial charge in [-0.05, 0) is 24.3 Å². The number of aromatic nitrogens is 3. The van der Waals surface area contributed by atoms with Gasteiger partial charge in [0.15, 0.2) is 5.82 Å². The van der Waals surface area contributed by atoms with Crippen LogP contribution in [0.2, 0.25) is 0 Å². The van der Waals surface area contributed by atoms with Crippen LogP contribution in [-0.4, -0.2) is 33.4 Å². The molecule has 0 aliphatic carbocycles. The lowest BCUT2D eigenvalue weighted by atomic mass is 10.1. The summed E-state index contributed by atoms with van der Waals surface area (Å²) < 4.78 is 7.13. The number of methoxy groups -OCH3 is 1. The van der Waals surface area contributed by atoms with Crippen molar-refractivity contribution >= 4 is 23.2 Å². The molecule has 7 heteroatoms. The number of hydrogen-bond donors (Lipinski definition) is 1. The van der Waals surface area contributed by atoms with Crippen molar-refractivity contribution in [2.75, 3.05) is 18.2 Å². The predicted octanol–water partition coefficient (Wildman–Crippen LogP) is 3.26. The average Bonchev–Trinajstić information content (AvgIpc) is 3.09. The van der Waals surface area contributed by atoms with Gasteiger partial charge in [0.05, 0.1) is 19.4 Å². The van der Waals surface area contributed by atoms with Gasteiger partial charge in [0.25, 0.3) is 0 Å². The van der Waals surface area contributed by atoms with Gasteiger partial charge in [-0.1, -0.05) is 42.1 Å². The van der Waals surface area contributed by atoms with E-state index in [1.54, 1.807) is 18.9 Å². The minimum atomic E-state index is 0.562. The van der Waals surface area contributed by atoms with Crippen LogP contribution in [0.3, 0.4) is 0 Å². The Hall–Kier alpha value is -2.80. The molecule has 2 heterocycles. The Morgan fingerprint density at radius 2 is 2.00 bits per heavy atom. The number of hydrogen-bond acceptors (Lipinski definition) is 6. The summed E-state index contributed by atoms with van der Waals surface area (Å²) in [6.07, 6.45) is 0. The van der Waals surface area contributed by atoms with Crippen molar-refractivity contribution in [1.82, 2.24) is 14.9 Å². The molecule has 0 fully saturated rings. The second kappa shape index (κ2) is 6.98. The summed E-state index contributed by atoms with van der Waals surface area (Å²) in [4.78, 5) is 0. The third-order valence-electron chi connectivity index (χ3n) is 3.86. The normalized spacial score (nSPS) is 13.1. The van der Waals surface area contributed by atoms with Crippen molar-refractivity contribution in [2.45, 2.75) is 11.7 Å². The van der Waals surface area contributed by atoms with Crippen molar-refractivity contribution in [3.05, 3.63) is 66.0 Å². The van der Waals surface area contributed by atoms with Crippen LogP contribution in [0.15, 0.2) is 64.9 Å². The maximum Gasteiger partial charge on any atom is 0.212 e.